The van der Waals surface area contributed by atoms with Gasteiger partial charge in [-0.25, -0.2) is 4.79 Å². The molecule has 118 valence electrons. The van der Waals surface area contributed by atoms with Crippen LogP contribution in [0.3, 0.4) is 0 Å². The highest BCUT2D eigenvalue weighted by Crippen LogP contribution is 2.22. The molecule has 1 aliphatic rings. The van der Waals surface area contributed by atoms with Crippen molar-refractivity contribution in [2.45, 2.75) is 18.9 Å². The molecule has 2 N–H and O–H groups in total. The molecule has 0 bridgehead atoms. The highest BCUT2D eigenvalue weighted by Gasteiger charge is 2.16. The second kappa shape index (κ2) is 5.51. The molecule has 0 spiro atoms. The molecular formula is C16H17N5O2. The molecule has 1 aromatic carbocycles. The van der Waals surface area contributed by atoms with Crippen LogP contribution < -0.4 is 16.6 Å². The Balaban J connectivity index is 1.75. The van der Waals surface area contributed by atoms with E-state index in [1.807, 2.05) is 22.9 Å². The largest absolute Gasteiger partial charge is 0.332 e. The van der Waals surface area contributed by atoms with Crippen LogP contribution in [0.1, 0.15) is 18.9 Å². The predicted octanol–water partition coefficient (Wildman–Crippen LogP) is 0.800. The molecule has 3 heterocycles. The average Bonchev–Trinajstić information content (AvgIpc) is 2.99. The van der Waals surface area contributed by atoms with E-state index in [2.05, 4.69) is 21.6 Å². The fourth-order valence-corrected chi connectivity index (χ4v) is 3.05. The summed E-state index contributed by atoms with van der Waals surface area (Å²) in [7, 11) is 0. The molecule has 7 heteroatoms. The first-order chi connectivity index (χ1) is 11.2. The molecular weight excluding hydrogens is 294 g/mol. The molecule has 0 saturated carbocycles. The molecule has 4 rings (SSSR count). The first-order valence-corrected chi connectivity index (χ1v) is 7.73. The fraction of sp³-hybridized carbons (Fsp3) is 0.312. The molecule has 1 saturated heterocycles. The van der Waals surface area contributed by atoms with Crippen molar-refractivity contribution >= 4 is 10.9 Å². The van der Waals surface area contributed by atoms with Crippen LogP contribution >= 0.6 is 0 Å². The van der Waals surface area contributed by atoms with Gasteiger partial charge in [0.15, 0.2) is 0 Å². The third kappa shape index (κ3) is 2.59. The number of benzene rings is 1. The molecule has 0 unspecified atom stereocenters. The van der Waals surface area contributed by atoms with Crippen LogP contribution in [0.2, 0.25) is 0 Å². The lowest BCUT2D eigenvalue weighted by Gasteiger charge is -2.22. The van der Waals surface area contributed by atoms with Gasteiger partial charge in [-0.2, -0.15) is 5.10 Å². The number of rotatable bonds is 2. The first-order valence-electron chi connectivity index (χ1n) is 7.73. The fourth-order valence-electron chi connectivity index (χ4n) is 3.05. The SMILES string of the molecule is O=c1ccn(-c2ccc3cn(C4CCNCC4)nc3c2)c(=O)[nH]1. The van der Waals surface area contributed by atoms with Gasteiger partial charge in [0.1, 0.15) is 0 Å². The van der Waals surface area contributed by atoms with E-state index in [4.69, 9.17) is 0 Å². The maximum absolute atomic E-state index is 11.9. The zero-order chi connectivity index (χ0) is 15.8. The number of aromatic amines is 1. The van der Waals surface area contributed by atoms with Gasteiger partial charge in [-0.05, 0) is 44.1 Å². The van der Waals surface area contributed by atoms with Gasteiger partial charge in [0.25, 0.3) is 5.56 Å². The molecule has 2 aromatic heterocycles. The molecule has 1 fully saturated rings. The Bertz CT molecular complexity index is 962. The van der Waals surface area contributed by atoms with E-state index in [-0.39, 0.29) is 0 Å². The van der Waals surface area contributed by atoms with Crippen molar-refractivity contribution in [2.24, 2.45) is 0 Å². The van der Waals surface area contributed by atoms with Crippen molar-refractivity contribution in [3.63, 3.8) is 0 Å². The predicted molar refractivity (Wildman–Crippen MR) is 87.1 cm³/mol. The number of aromatic nitrogens is 4. The summed E-state index contributed by atoms with van der Waals surface area (Å²) >= 11 is 0. The van der Waals surface area contributed by atoms with Crippen LogP contribution in [0.15, 0.2) is 46.2 Å². The highest BCUT2D eigenvalue weighted by molar-refractivity contribution is 5.80. The lowest BCUT2D eigenvalue weighted by molar-refractivity contribution is 0.345. The van der Waals surface area contributed by atoms with Crippen LogP contribution in [-0.2, 0) is 0 Å². The van der Waals surface area contributed by atoms with E-state index in [1.54, 1.807) is 0 Å². The number of hydrogen-bond donors (Lipinski definition) is 2. The monoisotopic (exact) mass is 311 g/mol. The number of piperidine rings is 1. The van der Waals surface area contributed by atoms with Gasteiger partial charge < -0.3 is 5.32 Å². The maximum Gasteiger partial charge on any atom is 0.332 e. The Morgan fingerprint density at radius 1 is 1.13 bits per heavy atom. The third-order valence-electron chi connectivity index (χ3n) is 4.29. The van der Waals surface area contributed by atoms with Crippen molar-refractivity contribution in [1.29, 1.82) is 0 Å². The minimum absolute atomic E-state index is 0.400. The lowest BCUT2D eigenvalue weighted by Crippen LogP contribution is -2.29. The summed E-state index contributed by atoms with van der Waals surface area (Å²) in [5.41, 5.74) is 0.686. The summed E-state index contributed by atoms with van der Waals surface area (Å²) in [6, 6.07) is 7.43. The Morgan fingerprint density at radius 2 is 1.96 bits per heavy atom. The molecule has 0 atom stereocenters. The van der Waals surface area contributed by atoms with E-state index < -0.39 is 11.2 Å². The molecule has 1 aliphatic heterocycles. The van der Waals surface area contributed by atoms with Crippen molar-refractivity contribution in [3.05, 3.63) is 57.5 Å². The summed E-state index contributed by atoms with van der Waals surface area (Å²) in [6.07, 6.45) is 5.68. The van der Waals surface area contributed by atoms with Crippen LogP contribution in [0.25, 0.3) is 16.6 Å². The first kappa shape index (κ1) is 14.0. The zero-order valence-corrected chi connectivity index (χ0v) is 12.5. The lowest BCUT2D eigenvalue weighted by atomic mass is 10.1. The highest BCUT2D eigenvalue weighted by atomic mass is 16.2. The Labute approximate surface area is 131 Å². The van der Waals surface area contributed by atoms with Gasteiger partial charge in [-0.1, -0.05) is 0 Å². The van der Waals surface area contributed by atoms with Gasteiger partial charge in [0.05, 0.1) is 17.2 Å². The zero-order valence-electron chi connectivity index (χ0n) is 12.5. The second-order valence-corrected chi connectivity index (χ2v) is 5.81. The summed E-state index contributed by atoms with van der Waals surface area (Å²) in [5, 5.41) is 9.07. The Hall–Kier alpha value is -2.67. The van der Waals surface area contributed by atoms with Crippen LogP contribution in [0.5, 0.6) is 0 Å². The second-order valence-electron chi connectivity index (χ2n) is 5.81. The molecule has 0 radical (unpaired) electrons. The van der Waals surface area contributed by atoms with Gasteiger partial charge in [0, 0.05) is 23.8 Å². The molecule has 3 aromatic rings. The van der Waals surface area contributed by atoms with Gasteiger partial charge in [-0.3, -0.25) is 19.0 Å². The van der Waals surface area contributed by atoms with E-state index in [1.165, 1.54) is 16.8 Å². The smallest absolute Gasteiger partial charge is 0.317 e. The topological polar surface area (TPSA) is 84.7 Å². The van der Waals surface area contributed by atoms with Crippen LogP contribution in [-0.4, -0.2) is 32.4 Å². The van der Waals surface area contributed by atoms with Gasteiger partial charge >= 0.3 is 5.69 Å². The maximum atomic E-state index is 11.9. The van der Waals surface area contributed by atoms with E-state index in [0.717, 1.165) is 36.8 Å². The van der Waals surface area contributed by atoms with Crippen LogP contribution in [0, 0.1) is 0 Å². The standard InChI is InChI=1S/C16H17N5O2/c22-15-5-8-20(16(23)18-15)13-2-1-11-10-21(19-14(11)9-13)12-3-6-17-7-4-12/h1-2,5,8-10,12,17H,3-4,6-7H2,(H,18,22,23). The summed E-state index contributed by atoms with van der Waals surface area (Å²) in [4.78, 5) is 25.3. The van der Waals surface area contributed by atoms with Crippen molar-refractivity contribution < 1.29 is 0 Å². The average molecular weight is 311 g/mol. The third-order valence-corrected chi connectivity index (χ3v) is 4.29. The summed E-state index contributed by atoms with van der Waals surface area (Å²) < 4.78 is 3.44. The minimum Gasteiger partial charge on any atom is -0.317 e. The van der Waals surface area contributed by atoms with Crippen LogP contribution in [0.4, 0.5) is 0 Å². The van der Waals surface area contributed by atoms with Crippen molar-refractivity contribution in [3.8, 4) is 5.69 Å². The minimum atomic E-state index is -0.449. The van der Waals surface area contributed by atoms with Crippen molar-refractivity contribution in [2.75, 3.05) is 13.1 Å². The number of nitrogens with one attached hydrogen (secondary N) is 2. The summed E-state index contributed by atoms with van der Waals surface area (Å²) in [5.74, 6) is 0. The van der Waals surface area contributed by atoms with Gasteiger partial charge in [-0.15, -0.1) is 0 Å². The molecule has 23 heavy (non-hydrogen) atoms. The molecule has 0 amide bonds. The number of nitrogens with zero attached hydrogens (tertiary/aromatic N) is 3. The number of fused-ring (bicyclic) bond motifs is 1. The van der Waals surface area contributed by atoms with Crippen molar-refractivity contribution in [1.82, 2.24) is 24.6 Å². The Morgan fingerprint density at radius 3 is 2.74 bits per heavy atom. The Kier molecular flexibility index (Phi) is 3.34. The number of hydrogen-bond acceptors (Lipinski definition) is 4. The normalized spacial score (nSPS) is 16.0. The van der Waals surface area contributed by atoms with E-state index >= 15 is 0 Å². The quantitative estimate of drug-likeness (QED) is 0.733. The number of H-pyrrole nitrogens is 1. The van der Waals surface area contributed by atoms with E-state index in [9.17, 15) is 9.59 Å². The molecule has 7 nitrogen and oxygen atoms in total. The summed E-state index contributed by atoms with van der Waals surface area (Å²) in [6.45, 7) is 2.03. The molecule has 0 aliphatic carbocycles. The van der Waals surface area contributed by atoms with Gasteiger partial charge in [0.2, 0.25) is 0 Å². The van der Waals surface area contributed by atoms with E-state index in [0.29, 0.717) is 11.7 Å².